The second-order valence-corrected chi connectivity index (χ2v) is 7.07. The van der Waals surface area contributed by atoms with E-state index in [-0.39, 0.29) is 27.2 Å². The maximum Gasteiger partial charge on any atom is 0.246 e. The molecule has 1 heterocycles. The summed E-state index contributed by atoms with van der Waals surface area (Å²) in [7, 11) is -3.82. The minimum absolute atomic E-state index is 0.00594. The van der Waals surface area contributed by atoms with Gasteiger partial charge in [0.1, 0.15) is 4.90 Å². The van der Waals surface area contributed by atoms with E-state index in [1.54, 1.807) is 0 Å². The monoisotopic (exact) mass is 324 g/mol. The second-order valence-electron chi connectivity index (χ2n) is 4.40. The van der Waals surface area contributed by atoms with Crippen LogP contribution in [0.2, 0.25) is 10.0 Å². The molecule has 0 amide bonds. The molecule has 1 aromatic carbocycles. The molecule has 1 aliphatic heterocycles. The van der Waals surface area contributed by atoms with Gasteiger partial charge in [-0.2, -0.15) is 4.31 Å². The van der Waals surface area contributed by atoms with Gasteiger partial charge in [0.15, 0.2) is 0 Å². The molecule has 0 radical (unpaired) electrons. The van der Waals surface area contributed by atoms with Crippen LogP contribution < -0.4 is 5.73 Å². The molecular formula is C11H14Cl2N2O3S. The topological polar surface area (TPSA) is 83.6 Å². The number of anilines is 1. The van der Waals surface area contributed by atoms with Crippen molar-refractivity contribution in [2.75, 3.05) is 18.9 Å². The molecule has 8 heteroatoms. The summed E-state index contributed by atoms with van der Waals surface area (Å²) in [6.45, 7) is 0.135. The van der Waals surface area contributed by atoms with Gasteiger partial charge in [-0.1, -0.05) is 23.2 Å². The van der Waals surface area contributed by atoms with E-state index in [2.05, 4.69) is 0 Å². The summed E-state index contributed by atoms with van der Waals surface area (Å²) in [6, 6.07) is 2.27. The third-order valence-corrected chi connectivity index (χ3v) is 5.84. The molecule has 0 unspecified atom stereocenters. The Balaban J connectivity index is 2.51. The van der Waals surface area contributed by atoms with Crippen molar-refractivity contribution in [3.63, 3.8) is 0 Å². The Bertz CT molecular complexity index is 569. The third-order valence-electron chi connectivity index (χ3n) is 3.14. The highest BCUT2D eigenvalue weighted by Crippen LogP contribution is 2.35. The Kier molecular flexibility index (Phi) is 4.27. The van der Waals surface area contributed by atoms with Crippen LogP contribution in [0.1, 0.15) is 12.8 Å². The lowest BCUT2D eigenvalue weighted by Gasteiger charge is -2.23. The van der Waals surface area contributed by atoms with Crippen molar-refractivity contribution in [2.45, 2.75) is 23.8 Å². The molecule has 0 saturated carbocycles. The van der Waals surface area contributed by atoms with Crippen LogP contribution in [0.3, 0.4) is 0 Å². The summed E-state index contributed by atoms with van der Waals surface area (Å²) in [5, 5.41) is 9.51. The van der Waals surface area contributed by atoms with Crippen molar-refractivity contribution in [2.24, 2.45) is 0 Å². The molecule has 106 valence electrons. The van der Waals surface area contributed by atoms with E-state index in [9.17, 15) is 13.5 Å². The van der Waals surface area contributed by atoms with Crippen LogP contribution in [0, 0.1) is 0 Å². The van der Waals surface area contributed by atoms with Crippen molar-refractivity contribution in [3.05, 3.63) is 22.2 Å². The first-order valence-electron chi connectivity index (χ1n) is 5.75. The number of halogens is 2. The average Bonchev–Trinajstić information content (AvgIpc) is 2.75. The van der Waals surface area contributed by atoms with E-state index >= 15 is 0 Å². The van der Waals surface area contributed by atoms with Crippen LogP contribution in [0.15, 0.2) is 17.0 Å². The van der Waals surface area contributed by atoms with Crippen molar-refractivity contribution in [3.8, 4) is 0 Å². The summed E-state index contributed by atoms with van der Waals surface area (Å²) >= 11 is 11.7. The standard InChI is InChI=1S/C11H14Cl2N2O3S/c12-7-4-9(13)11(10(14)5-7)19(17,18)15-3-1-2-8(15)6-16/h4-5,8,16H,1-3,6,14H2/t8-/m0/s1. The Morgan fingerprint density at radius 1 is 1.42 bits per heavy atom. The van der Waals surface area contributed by atoms with Crippen LogP contribution in [-0.4, -0.2) is 37.0 Å². The van der Waals surface area contributed by atoms with Gasteiger partial charge < -0.3 is 10.8 Å². The maximum atomic E-state index is 12.6. The summed E-state index contributed by atoms with van der Waals surface area (Å²) in [5.41, 5.74) is 5.74. The van der Waals surface area contributed by atoms with Crippen molar-refractivity contribution < 1.29 is 13.5 Å². The molecule has 1 saturated heterocycles. The molecule has 2 rings (SSSR count). The van der Waals surface area contributed by atoms with E-state index in [1.807, 2.05) is 0 Å². The number of nitrogens with zero attached hydrogens (tertiary/aromatic N) is 1. The fraction of sp³-hybridized carbons (Fsp3) is 0.455. The number of nitrogen functional groups attached to an aromatic ring is 1. The molecule has 1 aliphatic rings. The Hall–Kier alpha value is -0.530. The second kappa shape index (κ2) is 5.46. The van der Waals surface area contributed by atoms with Crippen LogP contribution in [0.5, 0.6) is 0 Å². The van der Waals surface area contributed by atoms with E-state index < -0.39 is 16.1 Å². The Morgan fingerprint density at radius 2 is 2.11 bits per heavy atom. The maximum absolute atomic E-state index is 12.6. The molecule has 1 atom stereocenters. The van der Waals surface area contributed by atoms with Gasteiger partial charge in [-0.3, -0.25) is 0 Å². The average molecular weight is 325 g/mol. The summed E-state index contributed by atoms with van der Waals surface area (Å²) in [5.74, 6) is 0. The minimum Gasteiger partial charge on any atom is -0.398 e. The Labute approximate surface area is 122 Å². The number of rotatable bonds is 3. The number of hydrogen-bond donors (Lipinski definition) is 2. The smallest absolute Gasteiger partial charge is 0.246 e. The fourth-order valence-corrected chi connectivity index (χ4v) is 4.91. The molecule has 3 N–H and O–H groups in total. The van der Waals surface area contributed by atoms with E-state index in [0.717, 1.165) is 0 Å². The third kappa shape index (κ3) is 2.68. The molecule has 0 aliphatic carbocycles. The van der Waals surface area contributed by atoms with E-state index in [4.69, 9.17) is 28.9 Å². The molecule has 0 spiro atoms. The molecule has 1 aromatic rings. The van der Waals surface area contributed by atoms with Crippen LogP contribution >= 0.6 is 23.2 Å². The van der Waals surface area contributed by atoms with Crippen LogP contribution in [0.25, 0.3) is 0 Å². The van der Waals surface area contributed by atoms with Crippen LogP contribution in [0.4, 0.5) is 5.69 Å². The van der Waals surface area contributed by atoms with Gasteiger partial charge in [-0.25, -0.2) is 8.42 Å². The first-order chi connectivity index (χ1) is 8.87. The lowest BCUT2D eigenvalue weighted by atomic mass is 10.2. The number of aliphatic hydroxyl groups excluding tert-OH is 1. The van der Waals surface area contributed by atoms with Crippen molar-refractivity contribution >= 4 is 38.9 Å². The lowest BCUT2D eigenvalue weighted by molar-refractivity contribution is 0.213. The van der Waals surface area contributed by atoms with Gasteiger partial charge in [-0.05, 0) is 25.0 Å². The summed E-state index contributed by atoms with van der Waals surface area (Å²) in [4.78, 5) is -0.140. The first kappa shape index (κ1) is 14.9. The molecular weight excluding hydrogens is 311 g/mol. The zero-order valence-electron chi connectivity index (χ0n) is 10.0. The zero-order chi connectivity index (χ0) is 14.2. The molecule has 0 bridgehead atoms. The number of hydrogen-bond acceptors (Lipinski definition) is 4. The highest BCUT2D eigenvalue weighted by molar-refractivity contribution is 7.89. The number of benzene rings is 1. The van der Waals surface area contributed by atoms with Gasteiger partial charge in [0, 0.05) is 17.6 Å². The minimum atomic E-state index is -3.82. The van der Waals surface area contributed by atoms with Gasteiger partial charge in [-0.15, -0.1) is 0 Å². The lowest BCUT2D eigenvalue weighted by Crippen LogP contribution is -2.38. The number of sulfonamides is 1. The molecule has 0 aromatic heterocycles. The molecule has 1 fully saturated rings. The van der Waals surface area contributed by atoms with Crippen molar-refractivity contribution in [1.82, 2.24) is 4.31 Å². The Morgan fingerprint density at radius 3 is 2.68 bits per heavy atom. The summed E-state index contributed by atoms with van der Waals surface area (Å²) in [6.07, 6.45) is 1.33. The normalized spacial score (nSPS) is 20.9. The largest absolute Gasteiger partial charge is 0.398 e. The number of aliphatic hydroxyl groups is 1. The fourth-order valence-electron chi connectivity index (χ4n) is 2.28. The molecule has 5 nitrogen and oxygen atoms in total. The van der Waals surface area contributed by atoms with Gasteiger partial charge in [0.25, 0.3) is 0 Å². The van der Waals surface area contributed by atoms with Crippen LogP contribution in [-0.2, 0) is 10.0 Å². The zero-order valence-corrected chi connectivity index (χ0v) is 12.3. The van der Waals surface area contributed by atoms with E-state index in [1.165, 1.54) is 16.4 Å². The predicted octanol–water partition coefficient (Wildman–Crippen LogP) is 1.72. The SMILES string of the molecule is Nc1cc(Cl)cc(Cl)c1S(=O)(=O)N1CCC[C@H]1CO. The highest BCUT2D eigenvalue weighted by Gasteiger charge is 2.37. The van der Waals surface area contributed by atoms with E-state index in [0.29, 0.717) is 19.4 Å². The predicted molar refractivity (Wildman–Crippen MR) is 74.9 cm³/mol. The quantitative estimate of drug-likeness (QED) is 0.829. The van der Waals surface area contributed by atoms with Gasteiger partial charge in [0.05, 0.1) is 17.3 Å². The first-order valence-corrected chi connectivity index (χ1v) is 7.94. The highest BCUT2D eigenvalue weighted by atomic mass is 35.5. The van der Waals surface area contributed by atoms with Crippen molar-refractivity contribution in [1.29, 1.82) is 0 Å². The number of nitrogens with two attached hydrogens (primary N) is 1. The molecule has 19 heavy (non-hydrogen) atoms. The summed E-state index contributed by atoms with van der Waals surface area (Å²) < 4.78 is 26.4. The van der Waals surface area contributed by atoms with Gasteiger partial charge in [0.2, 0.25) is 10.0 Å². The van der Waals surface area contributed by atoms with Gasteiger partial charge >= 0.3 is 0 Å².